The Balaban J connectivity index is 1.70. The van der Waals surface area contributed by atoms with Gasteiger partial charge in [0.15, 0.2) is 5.78 Å². The molecular weight excluding hydrogens is 603 g/mol. The molecule has 0 bridgehead atoms. The lowest BCUT2D eigenvalue weighted by Gasteiger charge is -2.43. The Bertz CT molecular complexity index is 1770. The Morgan fingerprint density at radius 1 is 1.07 bits per heavy atom. The highest BCUT2D eigenvalue weighted by atomic mass is 35.5. The van der Waals surface area contributed by atoms with Gasteiger partial charge in [-0.3, -0.25) is 19.8 Å². The predicted octanol–water partition coefficient (Wildman–Crippen LogP) is 8.75. The largest absolute Gasteiger partial charge is 0.384 e. The smallest absolute Gasteiger partial charge is 0.294 e. The number of hydrogen-bond donors (Lipinski definition) is 1. The first-order chi connectivity index (χ1) is 20.3. The molecule has 0 fully saturated rings. The second kappa shape index (κ2) is 11.7. The topological polar surface area (TPSA) is 113 Å². The van der Waals surface area contributed by atoms with Gasteiger partial charge in [-0.25, -0.2) is 0 Å². The fraction of sp³-hybridized carbons (Fsp3) is 0.273. The molecule has 0 spiro atoms. The van der Waals surface area contributed by atoms with Crippen molar-refractivity contribution in [2.24, 2.45) is 11.1 Å². The molecule has 1 atom stereocenters. The van der Waals surface area contributed by atoms with Crippen LogP contribution in [-0.2, 0) is 10.5 Å². The number of carbonyl (C=O) groups excluding carboxylic acids is 1. The third-order valence-electron chi connectivity index (χ3n) is 8.00. The molecule has 220 valence electrons. The molecule has 1 heterocycles. The molecular formula is C33H30Cl2N4O3S. The Hall–Kier alpha value is -3.77. The van der Waals surface area contributed by atoms with Crippen LogP contribution >= 0.6 is 35.0 Å². The second-order valence-electron chi connectivity index (χ2n) is 11.7. The van der Waals surface area contributed by atoms with Gasteiger partial charge >= 0.3 is 0 Å². The van der Waals surface area contributed by atoms with E-state index >= 15 is 0 Å². The van der Waals surface area contributed by atoms with Gasteiger partial charge in [-0.15, -0.1) is 11.8 Å². The molecule has 0 aromatic heterocycles. The number of thioether (sulfide) groups is 1. The summed E-state index contributed by atoms with van der Waals surface area (Å²) < 4.78 is 0. The van der Waals surface area contributed by atoms with Crippen molar-refractivity contribution in [1.82, 2.24) is 0 Å². The van der Waals surface area contributed by atoms with E-state index < -0.39 is 16.3 Å². The van der Waals surface area contributed by atoms with Crippen molar-refractivity contribution >= 4 is 52.1 Å². The minimum atomic E-state index is -0.703. The maximum absolute atomic E-state index is 14.0. The molecule has 7 nitrogen and oxygen atoms in total. The Kier molecular flexibility index (Phi) is 8.36. The number of nitrogens with zero attached hydrogens (tertiary/aromatic N) is 3. The number of allylic oxidation sites excluding steroid dienone is 3. The van der Waals surface area contributed by atoms with Crippen LogP contribution in [0.4, 0.5) is 11.4 Å². The maximum atomic E-state index is 14.0. The van der Waals surface area contributed by atoms with E-state index in [1.807, 2.05) is 52.0 Å². The standard InChI is InChI=1S/C33H30Cl2N4O3S/c1-18-11-19(2)24(12-20(18)17-43-23-8-5-21(34)6-9-23)30-25(16-36)32(37)38(26-10-7-22(35)13-27(26)39(41)42)28-14-33(3,4)15-29(40)31(28)30/h5-13,30H,14-15,17,37H2,1-4H3. The zero-order valence-corrected chi connectivity index (χ0v) is 26.5. The molecule has 0 saturated heterocycles. The molecule has 3 aromatic carbocycles. The summed E-state index contributed by atoms with van der Waals surface area (Å²) in [6.45, 7) is 7.99. The van der Waals surface area contributed by atoms with Crippen molar-refractivity contribution in [2.45, 2.75) is 57.1 Å². The van der Waals surface area contributed by atoms with Crippen molar-refractivity contribution in [2.75, 3.05) is 4.90 Å². The molecule has 0 radical (unpaired) electrons. The van der Waals surface area contributed by atoms with Gasteiger partial charge in [0.2, 0.25) is 0 Å². The van der Waals surface area contributed by atoms with Crippen molar-refractivity contribution in [3.05, 3.63) is 120 Å². The summed E-state index contributed by atoms with van der Waals surface area (Å²) in [5.41, 5.74) is 11.4. The van der Waals surface area contributed by atoms with Crippen LogP contribution in [0.2, 0.25) is 10.0 Å². The average Bonchev–Trinajstić information content (AvgIpc) is 2.93. The van der Waals surface area contributed by atoms with E-state index in [1.54, 1.807) is 17.8 Å². The van der Waals surface area contributed by atoms with Gasteiger partial charge in [0.05, 0.1) is 22.5 Å². The quantitative estimate of drug-likeness (QED) is 0.164. The molecule has 3 aromatic rings. The first-order valence-electron chi connectivity index (χ1n) is 13.7. The van der Waals surface area contributed by atoms with Crippen LogP contribution in [0.3, 0.4) is 0 Å². The summed E-state index contributed by atoms with van der Waals surface area (Å²) in [5.74, 6) is -0.0645. The van der Waals surface area contributed by atoms with Crippen molar-refractivity contribution in [3.63, 3.8) is 0 Å². The van der Waals surface area contributed by atoms with Crippen LogP contribution < -0.4 is 10.6 Å². The molecule has 0 amide bonds. The molecule has 1 aliphatic heterocycles. The van der Waals surface area contributed by atoms with Crippen LogP contribution in [0.5, 0.6) is 0 Å². The molecule has 0 saturated carbocycles. The highest BCUT2D eigenvalue weighted by Crippen LogP contribution is 2.52. The van der Waals surface area contributed by atoms with Crippen LogP contribution in [0.1, 0.15) is 54.9 Å². The lowest BCUT2D eigenvalue weighted by atomic mass is 9.68. The SMILES string of the molecule is Cc1cc(C)c(C2C(C#N)=C(N)N(c3ccc(Cl)cc3[N+](=O)[O-])C3=C2C(=O)CC(C)(C)C3)cc1CSc1ccc(Cl)cc1. The predicted molar refractivity (Wildman–Crippen MR) is 172 cm³/mol. The number of nitro groups is 1. The molecule has 1 unspecified atom stereocenters. The third-order valence-corrected chi connectivity index (χ3v) is 9.55. The zero-order valence-electron chi connectivity index (χ0n) is 24.2. The lowest BCUT2D eigenvalue weighted by molar-refractivity contribution is -0.384. The Morgan fingerprint density at radius 2 is 1.74 bits per heavy atom. The fourth-order valence-electron chi connectivity index (χ4n) is 6.00. The van der Waals surface area contributed by atoms with Crippen molar-refractivity contribution < 1.29 is 9.72 Å². The molecule has 2 aliphatic rings. The first kappa shape index (κ1) is 30.7. The van der Waals surface area contributed by atoms with Gasteiger partial charge < -0.3 is 5.73 Å². The molecule has 10 heteroatoms. The minimum Gasteiger partial charge on any atom is -0.384 e. The number of hydrogen-bond acceptors (Lipinski definition) is 7. The maximum Gasteiger partial charge on any atom is 0.294 e. The van der Waals surface area contributed by atoms with E-state index in [1.165, 1.54) is 17.0 Å². The summed E-state index contributed by atoms with van der Waals surface area (Å²) >= 11 is 13.9. The third kappa shape index (κ3) is 5.90. The summed E-state index contributed by atoms with van der Waals surface area (Å²) in [4.78, 5) is 28.2. The van der Waals surface area contributed by atoms with E-state index in [4.69, 9.17) is 28.9 Å². The lowest BCUT2D eigenvalue weighted by Crippen LogP contribution is -2.42. The number of Topliss-reactive ketones (excluding diaryl/α,β-unsaturated/α-hetero) is 1. The van der Waals surface area contributed by atoms with E-state index in [9.17, 15) is 20.2 Å². The normalized spacial score (nSPS) is 18.0. The summed E-state index contributed by atoms with van der Waals surface area (Å²) in [7, 11) is 0. The van der Waals surface area contributed by atoms with Crippen molar-refractivity contribution in [3.8, 4) is 6.07 Å². The van der Waals surface area contributed by atoms with E-state index in [0.717, 1.165) is 27.1 Å². The summed E-state index contributed by atoms with van der Waals surface area (Å²) in [6, 6.07) is 18.4. The van der Waals surface area contributed by atoms with Crippen LogP contribution in [-0.4, -0.2) is 10.7 Å². The summed E-state index contributed by atoms with van der Waals surface area (Å²) in [6.07, 6.45) is 0.718. The first-order valence-corrected chi connectivity index (χ1v) is 15.4. The van der Waals surface area contributed by atoms with Gasteiger partial charge in [-0.05, 0) is 84.3 Å². The average molecular weight is 634 g/mol. The number of ketones is 1. The Labute approximate surface area is 265 Å². The van der Waals surface area contributed by atoms with Crippen LogP contribution in [0.25, 0.3) is 0 Å². The Morgan fingerprint density at radius 3 is 2.40 bits per heavy atom. The number of nitriles is 1. The second-order valence-corrected chi connectivity index (χ2v) is 13.7. The van der Waals surface area contributed by atoms with Gasteiger partial charge in [-0.2, -0.15) is 5.26 Å². The highest BCUT2D eigenvalue weighted by molar-refractivity contribution is 7.98. The monoisotopic (exact) mass is 632 g/mol. The number of nitrogens with two attached hydrogens (primary N) is 1. The molecule has 2 N–H and O–H groups in total. The number of anilines is 1. The van der Waals surface area contributed by atoms with Gasteiger partial charge in [0, 0.05) is 44.5 Å². The number of carbonyl (C=O) groups is 1. The van der Waals surface area contributed by atoms with E-state index in [-0.39, 0.29) is 40.0 Å². The van der Waals surface area contributed by atoms with Gasteiger partial charge in [0.1, 0.15) is 11.5 Å². The van der Waals surface area contributed by atoms with Crippen LogP contribution in [0, 0.1) is 40.7 Å². The number of rotatable bonds is 6. The van der Waals surface area contributed by atoms with E-state index in [0.29, 0.717) is 28.5 Å². The molecule has 5 rings (SSSR count). The van der Waals surface area contributed by atoms with E-state index in [2.05, 4.69) is 18.2 Å². The van der Waals surface area contributed by atoms with Gasteiger partial charge in [-0.1, -0.05) is 49.2 Å². The van der Waals surface area contributed by atoms with Crippen LogP contribution in [0.15, 0.2) is 82.2 Å². The summed E-state index contributed by atoms with van der Waals surface area (Å²) in [5, 5.41) is 23.5. The zero-order chi connectivity index (χ0) is 31.2. The fourth-order valence-corrected chi connectivity index (χ4v) is 7.26. The van der Waals surface area contributed by atoms with Crippen molar-refractivity contribution in [1.29, 1.82) is 5.26 Å². The number of aryl methyl sites for hydroxylation is 2. The number of halogens is 2. The van der Waals surface area contributed by atoms with Gasteiger partial charge in [0.25, 0.3) is 5.69 Å². The number of nitro benzene ring substituents is 1. The highest BCUT2D eigenvalue weighted by Gasteiger charge is 2.46. The minimum absolute atomic E-state index is 0.0687. The molecule has 1 aliphatic carbocycles. The molecule has 43 heavy (non-hydrogen) atoms. The number of benzene rings is 3.